The molecule has 0 fully saturated rings. The molecule has 5 nitrogen and oxygen atoms in total. The average Bonchev–Trinajstić information content (AvgIpc) is 3.06. The van der Waals surface area contributed by atoms with Crippen molar-refractivity contribution in [1.82, 2.24) is 10.3 Å². The second-order valence-corrected chi connectivity index (χ2v) is 8.18. The minimum Gasteiger partial charge on any atom is -0.480 e. The van der Waals surface area contributed by atoms with E-state index in [4.69, 9.17) is 0 Å². The van der Waals surface area contributed by atoms with Gasteiger partial charge in [0.1, 0.15) is 11.0 Å². The summed E-state index contributed by atoms with van der Waals surface area (Å²) in [5.74, 6) is -0.153. The lowest BCUT2D eigenvalue weighted by Gasteiger charge is -2.13. The van der Waals surface area contributed by atoms with Crippen LogP contribution in [0.15, 0.2) is 29.6 Å². The molecule has 1 aromatic heterocycles. The van der Waals surface area contributed by atoms with E-state index in [0.29, 0.717) is 23.8 Å². The van der Waals surface area contributed by atoms with Crippen LogP contribution in [0, 0.1) is 0 Å². The minimum atomic E-state index is -1.00. The van der Waals surface area contributed by atoms with Crippen LogP contribution in [0.3, 0.4) is 0 Å². The summed E-state index contributed by atoms with van der Waals surface area (Å²) in [6, 6.07) is 7.42. The molecule has 0 radical (unpaired) electrons. The molecule has 1 atom stereocenters. The molecular formula is C19H24N2O3S2. The predicted octanol–water partition coefficient (Wildman–Crippen LogP) is 3.80. The highest BCUT2D eigenvalue weighted by molar-refractivity contribution is 7.98. The zero-order valence-corrected chi connectivity index (χ0v) is 16.8. The van der Waals surface area contributed by atoms with Gasteiger partial charge in [0.25, 0.3) is 0 Å². The van der Waals surface area contributed by atoms with Gasteiger partial charge in [0.05, 0.1) is 12.1 Å². The Bertz CT molecular complexity index is 741. The van der Waals surface area contributed by atoms with Crippen molar-refractivity contribution in [3.8, 4) is 10.6 Å². The van der Waals surface area contributed by atoms with E-state index in [0.717, 1.165) is 10.6 Å². The summed E-state index contributed by atoms with van der Waals surface area (Å²) in [6.45, 7) is 4.30. The number of carboxylic acids is 1. The standard InChI is InChI=1S/C19H24N2O3S2/c1-12(2)13-4-6-14(7-5-13)18-20-15(11-26-18)10-17(22)21-16(19(23)24)8-9-25-3/h4-7,11-12,16H,8-10H2,1-3H3,(H,21,22)(H,23,24)/t16-/m1/s1. The van der Waals surface area contributed by atoms with Crippen LogP contribution in [-0.4, -0.2) is 40.0 Å². The maximum absolute atomic E-state index is 12.1. The number of carbonyl (C=O) groups is 2. The van der Waals surface area contributed by atoms with E-state index < -0.39 is 12.0 Å². The van der Waals surface area contributed by atoms with Crippen molar-refractivity contribution in [3.05, 3.63) is 40.9 Å². The average molecular weight is 393 g/mol. The molecule has 1 heterocycles. The molecule has 0 aliphatic rings. The van der Waals surface area contributed by atoms with Gasteiger partial charge in [0.15, 0.2) is 0 Å². The number of aromatic nitrogens is 1. The number of amides is 1. The molecule has 0 aliphatic carbocycles. The maximum Gasteiger partial charge on any atom is 0.326 e. The molecule has 0 saturated heterocycles. The summed E-state index contributed by atoms with van der Waals surface area (Å²) in [7, 11) is 0. The Labute approximate surface area is 162 Å². The van der Waals surface area contributed by atoms with Crippen molar-refractivity contribution in [2.24, 2.45) is 0 Å². The highest BCUT2D eigenvalue weighted by atomic mass is 32.2. The number of thioether (sulfide) groups is 1. The molecule has 140 valence electrons. The van der Waals surface area contributed by atoms with Crippen LogP contribution in [-0.2, 0) is 16.0 Å². The summed E-state index contributed by atoms with van der Waals surface area (Å²) in [4.78, 5) is 27.9. The van der Waals surface area contributed by atoms with E-state index in [-0.39, 0.29) is 12.3 Å². The second-order valence-electron chi connectivity index (χ2n) is 6.34. The van der Waals surface area contributed by atoms with Gasteiger partial charge in [0.2, 0.25) is 5.91 Å². The van der Waals surface area contributed by atoms with Gasteiger partial charge < -0.3 is 10.4 Å². The van der Waals surface area contributed by atoms with Crippen molar-refractivity contribution >= 4 is 35.0 Å². The quantitative estimate of drug-likeness (QED) is 0.679. The van der Waals surface area contributed by atoms with E-state index >= 15 is 0 Å². The summed E-state index contributed by atoms with van der Waals surface area (Å²) >= 11 is 3.04. The molecule has 0 bridgehead atoms. The number of carboxylic acid groups (broad SMARTS) is 1. The van der Waals surface area contributed by atoms with Crippen LogP contribution in [0.25, 0.3) is 10.6 Å². The summed E-state index contributed by atoms with van der Waals surface area (Å²) in [5, 5.41) is 14.5. The number of nitrogens with zero attached hydrogens (tertiary/aromatic N) is 1. The van der Waals surface area contributed by atoms with E-state index in [1.165, 1.54) is 16.9 Å². The van der Waals surface area contributed by atoms with Crippen LogP contribution in [0.4, 0.5) is 0 Å². The van der Waals surface area contributed by atoms with Gasteiger partial charge in [-0.15, -0.1) is 11.3 Å². The number of rotatable bonds is 9. The first-order valence-corrected chi connectivity index (χ1v) is 10.7. The number of benzene rings is 1. The molecule has 1 aromatic carbocycles. The molecule has 0 aliphatic heterocycles. The zero-order valence-electron chi connectivity index (χ0n) is 15.2. The fourth-order valence-electron chi connectivity index (χ4n) is 2.43. The lowest BCUT2D eigenvalue weighted by Crippen LogP contribution is -2.41. The Morgan fingerprint density at radius 1 is 1.27 bits per heavy atom. The molecule has 1 amide bonds. The first-order chi connectivity index (χ1) is 12.4. The Balaban J connectivity index is 1.98. The largest absolute Gasteiger partial charge is 0.480 e. The van der Waals surface area contributed by atoms with E-state index in [1.54, 1.807) is 11.8 Å². The third-order valence-corrected chi connectivity index (χ3v) is 5.55. The van der Waals surface area contributed by atoms with Gasteiger partial charge in [-0.05, 0) is 29.9 Å². The van der Waals surface area contributed by atoms with E-state index in [9.17, 15) is 14.7 Å². The Hall–Kier alpha value is -1.86. The smallest absolute Gasteiger partial charge is 0.326 e. The van der Waals surface area contributed by atoms with E-state index in [2.05, 4.69) is 36.3 Å². The first-order valence-electron chi connectivity index (χ1n) is 8.46. The summed E-state index contributed by atoms with van der Waals surface area (Å²) in [5.41, 5.74) is 2.95. The summed E-state index contributed by atoms with van der Waals surface area (Å²) in [6.07, 6.45) is 2.40. The molecule has 2 rings (SSSR count). The topological polar surface area (TPSA) is 79.3 Å². The number of nitrogens with one attached hydrogen (secondary N) is 1. The summed E-state index contributed by atoms with van der Waals surface area (Å²) < 4.78 is 0. The van der Waals surface area contributed by atoms with Crippen LogP contribution in [0.2, 0.25) is 0 Å². The SMILES string of the molecule is CSCC[C@@H](NC(=O)Cc1csc(-c2ccc(C(C)C)cc2)n1)C(=O)O. The van der Waals surface area contributed by atoms with E-state index in [1.807, 2.05) is 23.8 Å². The number of hydrogen-bond acceptors (Lipinski definition) is 5. The monoisotopic (exact) mass is 392 g/mol. The Kier molecular flexibility index (Phi) is 7.66. The van der Waals surface area contributed by atoms with Gasteiger partial charge in [0, 0.05) is 10.9 Å². The van der Waals surface area contributed by atoms with Crippen molar-refractivity contribution in [3.63, 3.8) is 0 Å². The fourth-order valence-corrected chi connectivity index (χ4v) is 3.73. The van der Waals surface area contributed by atoms with Crippen molar-refractivity contribution in [2.75, 3.05) is 12.0 Å². The molecule has 7 heteroatoms. The maximum atomic E-state index is 12.1. The lowest BCUT2D eigenvalue weighted by atomic mass is 10.0. The molecule has 0 unspecified atom stereocenters. The highest BCUT2D eigenvalue weighted by Crippen LogP contribution is 2.26. The van der Waals surface area contributed by atoms with Crippen LogP contribution in [0.5, 0.6) is 0 Å². The fraction of sp³-hybridized carbons (Fsp3) is 0.421. The van der Waals surface area contributed by atoms with Gasteiger partial charge in [-0.1, -0.05) is 38.1 Å². The minimum absolute atomic E-state index is 0.0869. The van der Waals surface area contributed by atoms with Crippen molar-refractivity contribution < 1.29 is 14.7 Å². The molecular weight excluding hydrogens is 368 g/mol. The molecule has 0 spiro atoms. The number of hydrogen-bond donors (Lipinski definition) is 2. The van der Waals surface area contributed by atoms with Crippen LogP contribution in [0.1, 0.15) is 37.4 Å². The molecule has 26 heavy (non-hydrogen) atoms. The number of aliphatic carboxylic acids is 1. The molecule has 0 saturated carbocycles. The Morgan fingerprint density at radius 2 is 1.96 bits per heavy atom. The number of thiazole rings is 1. The zero-order chi connectivity index (χ0) is 19.1. The third-order valence-electron chi connectivity index (χ3n) is 3.96. The second kappa shape index (κ2) is 9.73. The highest BCUT2D eigenvalue weighted by Gasteiger charge is 2.20. The number of carbonyl (C=O) groups excluding carboxylic acids is 1. The van der Waals surface area contributed by atoms with Gasteiger partial charge in [-0.25, -0.2) is 9.78 Å². The van der Waals surface area contributed by atoms with Gasteiger partial charge in [-0.2, -0.15) is 11.8 Å². The lowest BCUT2D eigenvalue weighted by molar-refractivity contribution is -0.141. The predicted molar refractivity (Wildman–Crippen MR) is 108 cm³/mol. The first kappa shape index (κ1) is 20.5. The Morgan fingerprint density at radius 3 is 2.54 bits per heavy atom. The van der Waals surface area contributed by atoms with Crippen molar-refractivity contribution in [2.45, 2.75) is 38.6 Å². The third kappa shape index (κ3) is 5.85. The van der Waals surface area contributed by atoms with Crippen LogP contribution >= 0.6 is 23.1 Å². The molecule has 2 N–H and O–H groups in total. The molecule has 2 aromatic rings. The normalized spacial score (nSPS) is 12.2. The van der Waals surface area contributed by atoms with Crippen LogP contribution < -0.4 is 5.32 Å². The van der Waals surface area contributed by atoms with Gasteiger partial charge in [-0.3, -0.25) is 4.79 Å². The van der Waals surface area contributed by atoms with Crippen molar-refractivity contribution in [1.29, 1.82) is 0 Å². The van der Waals surface area contributed by atoms with Gasteiger partial charge >= 0.3 is 5.97 Å².